The number of hydrogen-bond donors (Lipinski definition) is 1. The van der Waals surface area contributed by atoms with E-state index in [1.165, 1.54) is 22.6 Å². The van der Waals surface area contributed by atoms with Crippen LogP contribution in [-0.4, -0.2) is 0 Å². The van der Waals surface area contributed by atoms with Crippen LogP contribution in [0.5, 0.6) is 0 Å². The molecule has 2 rings (SSSR count). The summed E-state index contributed by atoms with van der Waals surface area (Å²) in [6, 6.07) is 6.27. The lowest BCUT2D eigenvalue weighted by molar-refractivity contribution is 0.482. The van der Waals surface area contributed by atoms with E-state index in [0.717, 1.165) is 5.56 Å². The zero-order valence-corrected chi connectivity index (χ0v) is 12.0. The van der Waals surface area contributed by atoms with Crippen LogP contribution in [0.15, 0.2) is 29.6 Å². The summed E-state index contributed by atoms with van der Waals surface area (Å²) in [5.41, 5.74) is 2.00. The van der Waals surface area contributed by atoms with Gasteiger partial charge in [0.1, 0.15) is 0 Å². The van der Waals surface area contributed by atoms with Crippen LogP contribution in [-0.2, 0) is 0 Å². The highest BCUT2D eigenvalue weighted by molar-refractivity contribution is 7.10. The number of thiophene rings is 1. The molecular weight excluding hydrogens is 264 g/mol. The third-order valence-electron chi connectivity index (χ3n) is 3.24. The van der Waals surface area contributed by atoms with Gasteiger partial charge in [-0.1, -0.05) is 6.07 Å². The van der Waals surface area contributed by atoms with Crippen molar-refractivity contribution in [3.8, 4) is 0 Å². The molecule has 1 N–H and O–H groups in total. The smallest absolute Gasteiger partial charge is 0.159 e. The van der Waals surface area contributed by atoms with Crippen LogP contribution in [0.3, 0.4) is 0 Å². The van der Waals surface area contributed by atoms with Crippen LogP contribution in [0, 0.1) is 18.6 Å². The van der Waals surface area contributed by atoms with E-state index in [9.17, 15) is 8.78 Å². The van der Waals surface area contributed by atoms with Gasteiger partial charge in [-0.25, -0.2) is 8.78 Å². The highest BCUT2D eigenvalue weighted by atomic mass is 32.1. The normalized spacial score (nSPS) is 14.4. The van der Waals surface area contributed by atoms with Gasteiger partial charge in [0.05, 0.1) is 0 Å². The minimum absolute atomic E-state index is 0.0356. The molecule has 0 radical (unpaired) electrons. The van der Waals surface area contributed by atoms with E-state index in [2.05, 4.69) is 30.6 Å². The summed E-state index contributed by atoms with van der Waals surface area (Å²) < 4.78 is 26.1. The average molecular weight is 281 g/mol. The van der Waals surface area contributed by atoms with Gasteiger partial charge >= 0.3 is 0 Å². The first kappa shape index (κ1) is 14.2. The molecule has 1 aromatic heterocycles. The van der Waals surface area contributed by atoms with E-state index in [1.807, 2.05) is 6.92 Å². The minimum atomic E-state index is -0.807. The second-order valence-corrected chi connectivity index (χ2v) is 5.70. The Labute approximate surface area is 116 Å². The third kappa shape index (κ3) is 3.19. The Morgan fingerprint density at radius 2 is 1.79 bits per heavy atom. The molecule has 4 heteroatoms. The zero-order valence-electron chi connectivity index (χ0n) is 11.2. The van der Waals surface area contributed by atoms with Crippen molar-refractivity contribution >= 4 is 11.3 Å². The molecule has 2 unspecified atom stereocenters. The summed E-state index contributed by atoms with van der Waals surface area (Å²) in [6.07, 6.45) is 0. The Kier molecular flexibility index (Phi) is 4.32. The molecule has 2 atom stereocenters. The maximum absolute atomic E-state index is 13.2. The number of hydrogen-bond acceptors (Lipinski definition) is 2. The highest BCUT2D eigenvalue weighted by Gasteiger charge is 2.15. The van der Waals surface area contributed by atoms with Gasteiger partial charge in [0.15, 0.2) is 11.6 Å². The molecule has 0 bridgehead atoms. The lowest BCUT2D eigenvalue weighted by Gasteiger charge is -2.20. The van der Waals surface area contributed by atoms with Gasteiger partial charge in [-0.3, -0.25) is 0 Å². The van der Waals surface area contributed by atoms with Crippen molar-refractivity contribution in [1.82, 2.24) is 5.32 Å². The fourth-order valence-electron chi connectivity index (χ4n) is 2.16. The van der Waals surface area contributed by atoms with Crippen molar-refractivity contribution in [3.63, 3.8) is 0 Å². The molecule has 2 aromatic rings. The summed E-state index contributed by atoms with van der Waals surface area (Å²) in [4.78, 5) is 1.27. The lowest BCUT2D eigenvalue weighted by Crippen LogP contribution is -2.22. The summed E-state index contributed by atoms with van der Waals surface area (Å²) in [5.74, 6) is -1.61. The molecular formula is C15H17F2NS. The van der Waals surface area contributed by atoms with Crippen molar-refractivity contribution in [2.45, 2.75) is 32.9 Å². The SMILES string of the molecule is Cc1ccsc1C(C)NC(C)c1ccc(F)c(F)c1. The first-order valence-corrected chi connectivity index (χ1v) is 7.12. The standard InChI is InChI=1S/C15H17F2NS/c1-9-6-7-19-15(9)11(3)18-10(2)12-4-5-13(16)14(17)8-12/h4-8,10-11,18H,1-3H3. The topological polar surface area (TPSA) is 12.0 Å². The van der Waals surface area contributed by atoms with E-state index in [-0.39, 0.29) is 12.1 Å². The van der Waals surface area contributed by atoms with Gasteiger partial charge in [-0.15, -0.1) is 11.3 Å². The van der Waals surface area contributed by atoms with Crippen molar-refractivity contribution in [1.29, 1.82) is 0 Å². The molecule has 1 nitrogen and oxygen atoms in total. The minimum Gasteiger partial charge on any atom is -0.303 e. The van der Waals surface area contributed by atoms with Crippen LogP contribution >= 0.6 is 11.3 Å². The van der Waals surface area contributed by atoms with Gasteiger partial charge in [-0.05, 0) is 55.5 Å². The summed E-state index contributed by atoms with van der Waals surface area (Å²) in [5, 5.41) is 5.47. The fourth-order valence-corrected chi connectivity index (χ4v) is 3.10. The van der Waals surface area contributed by atoms with E-state index >= 15 is 0 Å². The molecule has 0 aliphatic rings. The second kappa shape index (κ2) is 5.80. The van der Waals surface area contributed by atoms with Gasteiger partial charge in [-0.2, -0.15) is 0 Å². The van der Waals surface area contributed by atoms with Crippen molar-refractivity contribution in [2.24, 2.45) is 0 Å². The fraction of sp³-hybridized carbons (Fsp3) is 0.333. The monoisotopic (exact) mass is 281 g/mol. The van der Waals surface area contributed by atoms with Gasteiger partial charge < -0.3 is 5.32 Å². The number of benzene rings is 1. The van der Waals surface area contributed by atoms with E-state index in [1.54, 1.807) is 17.4 Å². The molecule has 0 spiro atoms. The van der Waals surface area contributed by atoms with Crippen LogP contribution < -0.4 is 5.32 Å². The molecule has 19 heavy (non-hydrogen) atoms. The first-order valence-electron chi connectivity index (χ1n) is 6.24. The Morgan fingerprint density at radius 1 is 1.05 bits per heavy atom. The van der Waals surface area contributed by atoms with Crippen LogP contribution in [0.4, 0.5) is 8.78 Å². The number of nitrogens with one attached hydrogen (secondary N) is 1. The number of rotatable bonds is 4. The lowest BCUT2D eigenvalue weighted by atomic mass is 10.1. The molecule has 0 aliphatic heterocycles. The average Bonchev–Trinajstić information content (AvgIpc) is 2.79. The predicted molar refractivity (Wildman–Crippen MR) is 75.4 cm³/mol. The van der Waals surface area contributed by atoms with E-state index in [4.69, 9.17) is 0 Å². The van der Waals surface area contributed by atoms with Crippen LogP contribution in [0.2, 0.25) is 0 Å². The molecule has 1 heterocycles. The van der Waals surface area contributed by atoms with Gasteiger partial charge in [0.2, 0.25) is 0 Å². The molecule has 0 amide bonds. The first-order chi connectivity index (χ1) is 8.99. The largest absolute Gasteiger partial charge is 0.303 e. The maximum Gasteiger partial charge on any atom is 0.159 e. The molecule has 0 saturated carbocycles. The predicted octanol–water partition coefficient (Wildman–Crippen LogP) is 4.75. The Morgan fingerprint density at radius 3 is 2.37 bits per heavy atom. The third-order valence-corrected chi connectivity index (χ3v) is 4.44. The Hall–Kier alpha value is -1.26. The molecule has 0 fully saturated rings. The summed E-state index contributed by atoms with van der Waals surface area (Å²) in [6.45, 7) is 6.10. The Balaban J connectivity index is 2.10. The zero-order chi connectivity index (χ0) is 14.0. The second-order valence-electron chi connectivity index (χ2n) is 4.75. The maximum atomic E-state index is 13.2. The summed E-state index contributed by atoms with van der Waals surface area (Å²) >= 11 is 1.70. The highest BCUT2D eigenvalue weighted by Crippen LogP contribution is 2.26. The molecule has 1 aromatic carbocycles. The van der Waals surface area contributed by atoms with Gasteiger partial charge in [0, 0.05) is 17.0 Å². The quantitative estimate of drug-likeness (QED) is 0.853. The molecule has 0 aliphatic carbocycles. The van der Waals surface area contributed by atoms with Crippen molar-refractivity contribution < 1.29 is 8.78 Å². The number of halogens is 2. The Bertz CT molecular complexity index is 565. The van der Waals surface area contributed by atoms with Crippen LogP contribution in [0.25, 0.3) is 0 Å². The van der Waals surface area contributed by atoms with E-state index in [0.29, 0.717) is 0 Å². The van der Waals surface area contributed by atoms with Gasteiger partial charge in [0.25, 0.3) is 0 Å². The number of aryl methyl sites for hydroxylation is 1. The molecule has 0 saturated heterocycles. The summed E-state index contributed by atoms with van der Waals surface area (Å²) in [7, 11) is 0. The van der Waals surface area contributed by atoms with E-state index < -0.39 is 11.6 Å². The van der Waals surface area contributed by atoms with Crippen molar-refractivity contribution in [3.05, 3.63) is 57.3 Å². The van der Waals surface area contributed by atoms with Crippen LogP contribution in [0.1, 0.15) is 41.9 Å². The van der Waals surface area contributed by atoms with Crippen molar-refractivity contribution in [2.75, 3.05) is 0 Å². The molecule has 102 valence electrons.